The molecule has 2 rings (SSSR count). The smallest absolute Gasteiger partial charge is 0.244 e. The highest BCUT2D eigenvalue weighted by molar-refractivity contribution is 7.98. The third-order valence-electron chi connectivity index (χ3n) is 6.23. The van der Waals surface area contributed by atoms with Crippen molar-refractivity contribution in [3.63, 3.8) is 0 Å². The first-order valence-corrected chi connectivity index (χ1v) is 14.3. The van der Waals surface area contributed by atoms with Gasteiger partial charge >= 0.3 is 0 Å². The van der Waals surface area contributed by atoms with E-state index in [9.17, 15) is 9.59 Å². The number of aromatic nitrogens is 3. The van der Waals surface area contributed by atoms with Gasteiger partial charge in [-0.3, -0.25) is 9.59 Å². The molecule has 1 aromatic rings. The first-order chi connectivity index (χ1) is 16.7. The molecule has 1 atom stereocenters. The van der Waals surface area contributed by atoms with E-state index in [1.54, 1.807) is 22.6 Å². The maximum absolute atomic E-state index is 12.7. The number of unbranched alkanes of at least 4 members (excludes halogenated alkanes) is 7. The Morgan fingerprint density at radius 2 is 1.79 bits per heavy atom. The number of nitrogens with one attached hydrogen (secondary N) is 2. The summed E-state index contributed by atoms with van der Waals surface area (Å²) in [5.41, 5.74) is 0.704. The molecule has 1 aliphatic rings. The number of piperazine rings is 1. The van der Waals surface area contributed by atoms with Gasteiger partial charge in [0.05, 0.1) is 5.69 Å². The van der Waals surface area contributed by atoms with Gasteiger partial charge in [0.2, 0.25) is 11.8 Å². The number of hydrogen-bond donors (Lipinski definition) is 3. The lowest BCUT2D eigenvalue weighted by Gasteiger charge is -2.27. The van der Waals surface area contributed by atoms with Crippen LogP contribution in [0.3, 0.4) is 0 Å². The Bertz CT molecular complexity index is 696. The number of nitrogens with zero attached hydrogens (tertiary/aromatic N) is 4. The molecule has 1 fully saturated rings. The lowest BCUT2D eigenvalue weighted by atomic mass is 10.1. The molecular formula is C24H44N6O3S. The monoisotopic (exact) mass is 496 g/mol. The van der Waals surface area contributed by atoms with Crippen LogP contribution in [0.5, 0.6) is 0 Å². The first-order valence-electron chi connectivity index (χ1n) is 12.9. The summed E-state index contributed by atoms with van der Waals surface area (Å²) >= 11 is 1.71. The van der Waals surface area contributed by atoms with E-state index < -0.39 is 0 Å². The van der Waals surface area contributed by atoms with E-state index in [1.165, 1.54) is 25.7 Å². The van der Waals surface area contributed by atoms with Crippen LogP contribution in [0.4, 0.5) is 0 Å². The molecule has 1 saturated heterocycles. The van der Waals surface area contributed by atoms with Crippen LogP contribution in [-0.2, 0) is 16.0 Å². The Labute approximate surface area is 208 Å². The van der Waals surface area contributed by atoms with E-state index >= 15 is 0 Å². The predicted octanol–water partition coefficient (Wildman–Crippen LogP) is 2.17. The average molecular weight is 497 g/mol. The van der Waals surface area contributed by atoms with Crippen LogP contribution < -0.4 is 10.6 Å². The molecule has 34 heavy (non-hydrogen) atoms. The number of hydrogen-bond acceptors (Lipinski definition) is 7. The van der Waals surface area contributed by atoms with E-state index in [0.717, 1.165) is 57.6 Å². The predicted molar refractivity (Wildman–Crippen MR) is 137 cm³/mol. The second-order valence-corrected chi connectivity index (χ2v) is 9.95. The lowest BCUT2D eigenvalue weighted by molar-refractivity contribution is -0.131. The van der Waals surface area contributed by atoms with Gasteiger partial charge in [-0.15, -0.1) is 5.10 Å². The zero-order valence-corrected chi connectivity index (χ0v) is 21.7. The summed E-state index contributed by atoms with van der Waals surface area (Å²) in [6.07, 6.45) is 14.7. The summed E-state index contributed by atoms with van der Waals surface area (Å²) in [6, 6.07) is -0.356. The highest BCUT2D eigenvalue weighted by atomic mass is 32.2. The van der Waals surface area contributed by atoms with Gasteiger partial charge in [-0.2, -0.15) is 11.8 Å². The van der Waals surface area contributed by atoms with Crippen molar-refractivity contribution >= 4 is 23.6 Å². The van der Waals surface area contributed by atoms with Crippen molar-refractivity contribution in [3.8, 4) is 0 Å². The highest BCUT2D eigenvalue weighted by Crippen LogP contribution is 2.15. The van der Waals surface area contributed by atoms with Crippen molar-refractivity contribution in [2.45, 2.75) is 76.7 Å². The van der Waals surface area contributed by atoms with E-state index in [0.29, 0.717) is 37.4 Å². The van der Waals surface area contributed by atoms with Crippen LogP contribution in [-0.4, -0.2) is 88.2 Å². The lowest BCUT2D eigenvalue weighted by Crippen LogP contribution is -2.46. The van der Waals surface area contributed by atoms with Crippen LogP contribution in [0.1, 0.15) is 75.9 Å². The second kappa shape index (κ2) is 17.7. The topological polar surface area (TPSA) is 112 Å². The molecule has 10 heteroatoms. The number of thioether (sulfide) groups is 1. The third-order valence-corrected chi connectivity index (χ3v) is 6.87. The normalized spacial score (nSPS) is 14.8. The number of amides is 2. The van der Waals surface area contributed by atoms with Crippen molar-refractivity contribution in [1.82, 2.24) is 30.5 Å². The second-order valence-electron chi connectivity index (χ2n) is 8.96. The van der Waals surface area contributed by atoms with Crippen molar-refractivity contribution in [2.75, 3.05) is 51.3 Å². The van der Waals surface area contributed by atoms with E-state index in [2.05, 4.69) is 20.9 Å². The maximum atomic E-state index is 12.7. The van der Waals surface area contributed by atoms with Crippen molar-refractivity contribution < 1.29 is 14.7 Å². The molecule has 0 aliphatic carbocycles. The van der Waals surface area contributed by atoms with Gasteiger partial charge in [-0.1, -0.05) is 43.7 Å². The summed E-state index contributed by atoms with van der Waals surface area (Å²) in [4.78, 5) is 26.8. The first kappa shape index (κ1) is 28.6. The molecule has 194 valence electrons. The van der Waals surface area contributed by atoms with Gasteiger partial charge in [0.25, 0.3) is 0 Å². The number of rotatable bonds is 18. The van der Waals surface area contributed by atoms with Crippen molar-refractivity contribution in [3.05, 3.63) is 11.9 Å². The Morgan fingerprint density at radius 3 is 2.47 bits per heavy atom. The number of carbonyl (C=O) groups is 2. The summed E-state index contributed by atoms with van der Waals surface area (Å²) in [6.45, 7) is 4.25. The SMILES string of the molecule is CSCCC(C(=O)NCCCCCCCCCCC(=O)N1CCNCC1)n1cc(CCO)nn1. The summed E-state index contributed by atoms with van der Waals surface area (Å²) in [5.74, 6) is 1.18. The van der Waals surface area contributed by atoms with Crippen molar-refractivity contribution in [1.29, 1.82) is 0 Å². The molecule has 1 unspecified atom stereocenters. The Hall–Kier alpha value is -1.65. The number of aliphatic hydroxyl groups excluding tert-OH is 1. The Morgan fingerprint density at radius 1 is 1.12 bits per heavy atom. The van der Waals surface area contributed by atoms with E-state index in [-0.39, 0.29) is 18.6 Å². The zero-order valence-electron chi connectivity index (χ0n) is 20.8. The standard InChI is InChI=1S/C24H44N6O3S/c1-34-19-12-22(30-20-21(11-18-31)27-28-30)24(33)26-13-9-7-5-3-2-4-6-8-10-23(32)29-16-14-25-15-17-29/h20,22,25,31H,2-19H2,1H3,(H,26,33). The Kier molecular flexibility index (Phi) is 14.9. The van der Waals surface area contributed by atoms with Gasteiger partial charge < -0.3 is 20.6 Å². The molecule has 0 aromatic carbocycles. The van der Waals surface area contributed by atoms with Gasteiger partial charge in [-0.25, -0.2) is 4.68 Å². The minimum atomic E-state index is -0.356. The minimum Gasteiger partial charge on any atom is -0.396 e. The van der Waals surface area contributed by atoms with E-state index in [4.69, 9.17) is 5.11 Å². The van der Waals surface area contributed by atoms with Crippen molar-refractivity contribution in [2.24, 2.45) is 0 Å². The molecular weight excluding hydrogens is 452 g/mol. The quantitative estimate of drug-likeness (QED) is 0.267. The van der Waals surface area contributed by atoms with Crippen LogP contribution >= 0.6 is 11.8 Å². The fourth-order valence-electron chi connectivity index (χ4n) is 4.17. The summed E-state index contributed by atoms with van der Waals surface area (Å²) < 4.78 is 1.63. The van der Waals surface area contributed by atoms with Gasteiger partial charge in [0, 0.05) is 58.4 Å². The fraction of sp³-hybridized carbons (Fsp3) is 0.833. The molecule has 1 aliphatic heterocycles. The average Bonchev–Trinajstić information content (AvgIpc) is 3.31. The number of carbonyl (C=O) groups excluding carboxylic acids is 2. The molecule has 2 heterocycles. The molecule has 2 amide bonds. The molecule has 0 radical (unpaired) electrons. The van der Waals surface area contributed by atoms with Crippen LogP contribution in [0.15, 0.2) is 6.20 Å². The fourth-order valence-corrected chi connectivity index (χ4v) is 4.63. The molecule has 9 nitrogen and oxygen atoms in total. The molecule has 3 N–H and O–H groups in total. The van der Waals surface area contributed by atoms with E-state index in [1.807, 2.05) is 11.2 Å². The molecule has 1 aromatic heterocycles. The zero-order chi connectivity index (χ0) is 24.4. The number of aliphatic hydroxyl groups is 1. The van der Waals surface area contributed by atoms with Crippen LogP contribution in [0, 0.1) is 0 Å². The van der Waals surface area contributed by atoms with Gasteiger partial charge in [0.15, 0.2) is 0 Å². The highest BCUT2D eigenvalue weighted by Gasteiger charge is 2.21. The largest absolute Gasteiger partial charge is 0.396 e. The maximum Gasteiger partial charge on any atom is 0.244 e. The minimum absolute atomic E-state index is 0.00939. The molecule has 0 bridgehead atoms. The summed E-state index contributed by atoms with van der Waals surface area (Å²) in [7, 11) is 0. The third kappa shape index (κ3) is 11.2. The van der Waals surface area contributed by atoms with Gasteiger partial charge in [0.1, 0.15) is 6.04 Å². The van der Waals surface area contributed by atoms with Crippen LogP contribution in [0.25, 0.3) is 0 Å². The Balaban J connectivity index is 1.49. The van der Waals surface area contributed by atoms with Crippen LogP contribution in [0.2, 0.25) is 0 Å². The summed E-state index contributed by atoms with van der Waals surface area (Å²) in [5, 5.41) is 23.6. The van der Waals surface area contributed by atoms with Gasteiger partial charge in [-0.05, 0) is 31.3 Å². The molecule has 0 saturated carbocycles. The molecule has 0 spiro atoms.